The summed E-state index contributed by atoms with van der Waals surface area (Å²) >= 11 is 7.35. The van der Waals surface area contributed by atoms with Crippen LogP contribution in [0.4, 0.5) is 0 Å². The molecular formula is C18H20ClN3OS. The number of halogens is 1. The zero-order chi connectivity index (χ0) is 16.7. The van der Waals surface area contributed by atoms with Gasteiger partial charge < -0.3 is 5.32 Å². The number of nitrogens with zero attached hydrogens (tertiary/aromatic N) is 2. The van der Waals surface area contributed by atoms with E-state index in [1.54, 1.807) is 6.20 Å². The molecule has 1 amide bonds. The van der Waals surface area contributed by atoms with Crippen molar-refractivity contribution in [3.8, 4) is 10.4 Å². The lowest BCUT2D eigenvalue weighted by molar-refractivity contribution is 0.0274. The molecule has 1 N–H and O–H groups in total. The molecule has 24 heavy (non-hydrogen) atoms. The molecule has 2 aromatic rings. The number of hydrogen-bond donors (Lipinski definition) is 1. The smallest absolute Gasteiger partial charge is 0.280 e. The summed E-state index contributed by atoms with van der Waals surface area (Å²) in [6.07, 6.45) is 4.13. The third-order valence-electron chi connectivity index (χ3n) is 5.20. The summed E-state index contributed by atoms with van der Waals surface area (Å²) in [6, 6.07) is 8.51. The first-order chi connectivity index (χ1) is 11.6. The van der Waals surface area contributed by atoms with Crippen LogP contribution in [0.1, 0.15) is 29.6 Å². The van der Waals surface area contributed by atoms with Crippen LogP contribution in [0.2, 0.25) is 5.02 Å². The summed E-state index contributed by atoms with van der Waals surface area (Å²) < 4.78 is 0. The second-order valence-electron chi connectivity index (χ2n) is 6.74. The number of hydrogen-bond acceptors (Lipinski definition) is 4. The van der Waals surface area contributed by atoms with Gasteiger partial charge in [-0.15, -0.1) is 11.3 Å². The molecule has 3 aliphatic heterocycles. The van der Waals surface area contributed by atoms with E-state index in [2.05, 4.69) is 22.1 Å². The van der Waals surface area contributed by atoms with Crippen molar-refractivity contribution in [2.75, 3.05) is 13.1 Å². The van der Waals surface area contributed by atoms with Crippen molar-refractivity contribution in [3.63, 3.8) is 0 Å². The van der Waals surface area contributed by atoms with Crippen LogP contribution in [0.5, 0.6) is 0 Å². The van der Waals surface area contributed by atoms with E-state index in [0.29, 0.717) is 22.0 Å². The SMILES string of the molecule is CC1CC2CCN1C[C@@H]2NC(=O)c1ncc(-c2ccc(Cl)cc2)s1. The molecule has 4 heterocycles. The predicted octanol–water partition coefficient (Wildman–Crippen LogP) is 3.68. The first kappa shape index (κ1) is 16.1. The predicted molar refractivity (Wildman–Crippen MR) is 97.6 cm³/mol. The number of carbonyl (C=O) groups is 1. The van der Waals surface area contributed by atoms with Gasteiger partial charge in [-0.25, -0.2) is 4.98 Å². The van der Waals surface area contributed by atoms with Crippen molar-refractivity contribution in [2.24, 2.45) is 5.92 Å². The lowest BCUT2D eigenvalue weighted by Gasteiger charge is -2.48. The molecule has 4 atom stereocenters. The van der Waals surface area contributed by atoms with Crippen LogP contribution >= 0.6 is 22.9 Å². The van der Waals surface area contributed by atoms with Gasteiger partial charge >= 0.3 is 0 Å². The molecule has 0 saturated carbocycles. The van der Waals surface area contributed by atoms with E-state index < -0.39 is 0 Å². The molecule has 0 radical (unpaired) electrons. The van der Waals surface area contributed by atoms with Crippen LogP contribution < -0.4 is 5.32 Å². The average Bonchev–Trinajstić information content (AvgIpc) is 3.07. The normalized spacial score (nSPS) is 28.8. The number of carbonyl (C=O) groups excluding carboxylic acids is 1. The van der Waals surface area contributed by atoms with Crippen LogP contribution in [-0.4, -0.2) is 41.0 Å². The highest BCUT2D eigenvalue weighted by atomic mass is 35.5. The summed E-state index contributed by atoms with van der Waals surface area (Å²) in [6.45, 7) is 4.41. The fourth-order valence-corrected chi connectivity index (χ4v) is 4.77. The third kappa shape index (κ3) is 3.08. The Labute approximate surface area is 150 Å². The average molecular weight is 362 g/mol. The summed E-state index contributed by atoms with van der Waals surface area (Å²) in [5.74, 6) is 0.552. The van der Waals surface area contributed by atoms with Gasteiger partial charge in [0.1, 0.15) is 0 Å². The van der Waals surface area contributed by atoms with E-state index in [-0.39, 0.29) is 11.9 Å². The molecule has 4 nitrogen and oxygen atoms in total. The Morgan fingerprint density at radius 1 is 1.38 bits per heavy atom. The molecule has 1 aromatic heterocycles. The highest BCUT2D eigenvalue weighted by Crippen LogP contribution is 2.32. The lowest BCUT2D eigenvalue weighted by Crippen LogP contribution is -2.60. The van der Waals surface area contributed by atoms with Gasteiger partial charge in [0.2, 0.25) is 0 Å². The fourth-order valence-electron chi connectivity index (χ4n) is 3.82. The molecule has 3 saturated heterocycles. The zero-order valence-electron chi connectivity index (χ0n) is 13.5. The number of rotatable bonds is 3. The monoisotopic (exact) mass is 361 g/mol. The van der Waals surface area contributed by atoms with Crippen LogP contribution in [0, 0.1) is 5.92 Å². The maximum Gasteiger partial charge on any atom is 0.280 e. The second-order valence-corrected chi connectivity index (χ2v) is 8.21. The van der Waals surface area contributed by atoms with Crippen molar-refractivity contribution in [1.82, 2.24) is 15.2 Å². The summed E-state index contributed by atoms with van der Waals surface area (Å²) in [4.78, 5) is 20.3. The Hall–Kier alpha value is -1.43. The topological polar surface area (TPSA) is 45.2 Å². The van der Waals surface area contributed by atoms with Crippen LogP contribution in [0.25, 0.3) is 10.4 Å². The second kappa shape index (κ2) is 6.47. The minimum Gasteiger partial charge on any atom is -0.346 e. The summed E-state index contributed by atoms with van der Waals surface area (Å²) in [5.41, 5.74) is 1.03. The van der Waals surface area contributed by atoms with Gasteiger partial charge in [0.05, 0.1) is 4.88 Å². The Morgan fingerprint density at radius 2 is 2.17 bits per heavy atom. The molecule has 2 bridgehead atoms. The molecule has 6 heteroatoms. The maximum atomic E-state index is 12.6. The minimum absolute atomic E-state index is 0.0494. The standard InChI is InChI=1S/C18H20ClN3OS/c1-11-8-13-6-7-22(11)10-15(13)21-17(23)18-20-9-16(24-18)12-2-4-14(19)5-3-12/h2-5,9,11,13,15H,6-8,10H2,1H3,(H,21,23)/t11?,13?,15-/m0/s1. The van der Waals surface area contributed by atoms with E-state index in [9.17, 15) is 4.79 Å². The molecule has 0 aliphatic carbocycles. The van der Waals surface area contributed by atoms with Gasteiger partial charge in [-0.1, -0.05) is 23.7 Å². The summed E-state index contributed by atoms with van der Waals surface area (Å²) in [7, 11) is 0. The highest BCUT2D eigenvalue weighted by molar-refractivity contribution is 7.16. The third-order valence-corrected chi connectivity index (χ3v) is 6.50. The van der Waals surface area contributed by atoms with Gasteiger partial charge in [0, 0.05) is 29.8 Å². The quantitative estimate of drug-likeness (QED) is 0.907. The van der Waals surface area contributed by atoms with Gasteiger partial charge in [-0.2, -0.15) is 0 Å². The van der Waals surface area contributed by atoms with E-state index in [1.165, 1.54) is 24.2 Å². The first-order valence-corrected chi connectivity index (χ1v) is 9.56. The molecule has 126 valence electrons. The van der Waals surface area contributed by atoms with Gasteiger partial charge in [0.25, 0.3) is 5.91 Å². The number of amides is 1. The largest absolute Gasteiger partial charge is 0.346 e. The highest BCUT2D eigenvalue weighted by Gasteiger charge is 2.39. The number of piperidine rings is 3. The lowest BCUT2D eigenvalue weighted by atomic mass is 9.80. The molecule has 3 fully saturated rings. The van der Waals surface area contributed by atoms with E-state index in [0.717, 1.165) is 23.5 Å². The molecule has 3 aliphatic rings. The fraction of sp³-hybridized carbons (Fsp3) is 0.444. The van der Waals surface area contributed by atoms with Crippen LogP contribution in [0.15, 0.2) is 30.5 Å². The number of fused-ring (bicyclic) bond motifs is 3. The first-order valence-electron chi connectivity index (χ1n) is 8.37. The number of nitrogens with one attached hydrogen (secondary N) is 1. The van der Waals surface area contributed by atoms with Gasteiger partial charge in [-0.05, 0) is 49.9 Å². The maximum absolute atomic E-state index is 12.6. The summed E-state index contributed by atoms with van der Waals surface area (Å²) in [5, 5.41) is 4.45. The van der Waals surface area contributed by atoms with Gasteiger partial charge in [-0.3, -0.25) is 9.69 Å². The van der Waals surface area contributed by atoms with Crippen LogP contribution in [0.3, 0.4) is 0 Å². The Balaban J connectivity index is 1.45. The molecule has 0 spiro atoms. The molecule has 3 unspecified atom stereocenters. The van der Waals surface area contributed by atoms with Crippen molar-refractivity contribution in [1.29, 1.82) is 0 Å². The van der Waals surface area contributed by atoms with E-state index in [4.69, 9.17) is 11.6 Å². The molecular weight excluding hydrogens is 342 g/mol. The zero-order valence-corrected chi connectivity index (χ0v) is 15.1. The molecule has 5 rings (SSSR count). The Kier molecular flexibility index (Phi) is 4.33. The van der Waals surface area contributed by atoms with Crippen molar-refractivity contribution in [3.05, 3.63) is 40.5 Å². The van der Waals surface area contributed by atoms with Crippen LogP contribution in [-0.2, 0) is 0 Å². The van der Waals surface area contributed by atoms with E-state index in [1.807, 2.05) is 24.3 Å². The number of aromatic nitrogens is 1. The van der Waals surface area contributed by atoms with Crippen molar-refractivity contribution in [2.45, 2.75) is 31.8 Å². The molecule has 1 aromatic carbocycles. The number of benzene rings is 1. The van der Waals surface area contributed by atoms with Gasteiger partial charge in [0.15, 0.2) is 5.01 Å². The number of thiazole rings is 1. The van der Waals surface area contributed by atoms with Crippen molar-refractivity contribution < 1.29 is 4.79 Å². The van der Waals surface area contributed by atoms with Crippen molar-refractivity contribution >= 4 is 28.8 Å². The minimum atomic E-state index is -0.0494. The Bertz CT molecular complexity index is 745. The van der Waals surface area contributed by atoms with E-state index >= 15 is 0 Å². The Morgan fingerprint density at radius 3 is 2.83 bits per heavy atom.